The van der Waals surface area contributed by atoms with Gasteiger partial charge < -0.3 is 20.6 Å². The van der Waals surface area contributed by atoms with Crippen molar-refractivity contribution in [2.75, 3.05) is 6.54 Å². The lowest BCUT2D eigenvalue weighted by Gasteiger charge is -2.32. The normalized spacial score (nSPS) is 19.7. The zero-order valence-corrected chi connectivity index (χ0v) is 22.9. The number of hydrogen-bond donors (Lipinski definition) is 3. The molecule has 4 atom stereocenters. The minimum absolute atomic E-state index is 0.141. The predicted molar refractivity (Wildman–Crippen MR) is 144 cm³/mol. The van der Waals surface area contributed by atoms with Gasteiger partial charge in [-0.2, -0.15) is 0 Å². The first-order chi connectivity index (χ1) is 16.5. The van der Waals surface area contributed by atoms with Crippen molar-refractivity contribution in [2.24, 2.45) is 0 Å². The number of aliphatic hydroxyl groups is 1. The summed E-state index contributed by atoms with van der Waals surface area (Å²) in [7, 11) is 0. The van der Waals surface area contributed by atoms with Crippen LogP contribution < -0.4 is 10.6 Å². The van der Waals surface area contributed by atoms with Crippen LogP contribution in [0.25, 0.3) is 0 Å². The summed E-state index contributed by atoms with van der Waals surface area (Å²) in [6.45, 7) is 5.71. The van der Waals surface area contributed by atoms with E-state index in [0.29, 0.717) is 12.0 Å². The number of nitrogens with one attached hydrogen (secondary N) is 2. The minimum Gasteiger partial charge on any atom is -0.381 e. The molecular formula is C26H31ClIN3O4. The van der Waals surface area contributed by atoms with Gasteiger partial charge >= 0.3 is 0 Å². The Bertz CT molecular complexity index is 1060. The lowest BCUT2D eigenvalue weighted by atomic mass is 9.99. The van der Waals surface area contributed by atoms with Gasteiger partial charge in [0.2, 0.25) is 5.91 Å². The number of benzene rings is 2. The molecule has 0 spiro atoms. The number of likely N-dealkylation sites (tertiary alicyclic amines) is 1. The Kier molecular flexibility index (Phi) is 9.17. The first kappa shape index (κ1) is 27.4. The zero-order chi connectivity index (χ0) is 25.8. The van der Waals surface area contributed by atoms with Gasteiger partial charge in [0.05, 0.1) is 17.0 Å². The van der Waals surface area contributed by atoms with Crippen molar-refractivity contribution in [1.29, 1.82) is 0 Å². The van der Waals surface area contributed by atoms with Gasteiger partial charge in [0.15, 0.2) is 6.10 Å². The van der Waals surface area contributed by atoms with E-state index in [4.69, 9.17) is 11.6 Å². The standard InChI is InChI=1S/C26H31ClIN3O4/c1-26(2,3)30-24(34)21-14-17(27)15-31(21)25(35)22(32)20(13-16-9-5-4-6-10-16)29-23(33)18-11-7-8-12-19(18)28/h4-12,17,20-22,32H,13-15H2,1-3H3,(H,29,33)(H,30,34)/t17-,20-,21-,22-/m0/s1. The van der Waals surface area contributed by atoms with Crippen LogP contribution in [0.4, 0.5) is 0 Å². The summed E-state index contributed by atoms with van der Waals surface area (Å²) in [5.74, 6) is -1.34. The molecule has 0 aliphatic carbocycles. The van der Waals surface area contributed by atoms with E-state index in [-0.39, 0.29) is 24.8 Å². The third-order valence-electron chi connectivity index (χ3n) is 5.70. The molecule has 188 valence electrons. The average molecular weight is 612 g/mol. The third kappa shape index (κ3) is 7.41. The highest BCUT2D eigenvalue weighted by Gasteiger charge is 2.43. The number of carbonyl (C=O) groups excluding carboxylic acids is 3. The number of carbonyl (C=O) groups is 3. The van der Waals surface area contributed by atoms with Gasteiger partial charge in [-0.05, 0) is 73.9 Å². The van der Waals surface area contributed by atoms with Crippen LogP contribution in [0.3, 0.4) is 0 Å². The SMILES string of the molecule is CC(C)(C)NC(=O)[C@@H]1C[C@H](Cl)CN1C(=O)[C@@H](O)[C@H](Cc1ccccc1)NC(=O)c1ccccc1I. The first-order valence-electron chi connectivity index (χ1n) is 11.5. The molecule has 2 aromatic carbocycles. The van der Waals surface area contributed by atoms with Gasteiger partial charge in [-0.3, -0.25) is 14.4 Å². The van der Waals surface area contributed by atoms with Gasteiger partial charge in [0.25, 0.3) is 11.8 Å². The Morgan fingerprint density at radius 1 is 1.11 bits per heavy atom. The highest BCUT2D eigenvalue weighted by atomic mass is 127. The van der Waals surface area contributed by atoms with E-state index in [1.165, 1.54) is 4.90 Å². The molecule has 1 aliphatic rings. The average Bonchev–Trinajstić information content (AvgIpc) is 3.19. The topological polar surface area (TPSA) is 98.7 Å². The molecule has 1 fully saturated rings. The lowest BCUT2D eigenvalue weighted by Crippen LogP contribution is -2.57. The fourth-order valence-corrected chi connectivity index (χ4v) is 5.02. The second kappa shape index (κ2) is 11.7. The Hall–Kier alpha value is -2.17. The van der Waals surface area contributed by atoms with Gasteiger partial charge in [-0.15, -0.1) is 11.6 Å². The van der Waals surface area contributed by atoms with Crippen LogP contribution in [0.15, 0.2) is 54.6 Å². The van der Waals surface area contributed by atoms with Crippen molar-refractivity contribution in [3.63, 3.8) is 0 Å². The van der Waals surface area contributed by atoms with E-state index in [1.807, 2.05) is 63.2 Å². The van der Waals surface area contributed by atoms with Gasteiger partial charge in [-0.1, -0.05) is 42.5 Å². The molecule has 3 N–H and O–H groups in total. The van der Waals surface area contributed by atoms with E-state index >= 15 is 0 Å². The quantitative estimate of drug-likeness (QED) is 0.331. The molecule has 0 unspecified atom stereocenters. The molecule has 0 saturated carbocycles. The van der Waals surface area contributed by atoms with Crippen molar-refractivity contribution in [3.05, 3.63) is 69.3 Å². The molecule has 3 amide bonds. The van der Waals surface area contributed by atoms with Crippen molar-refractivity contribution in [2.45, 2.75) is 62.7 Å². The second-order valence-electron chi connectivity index (χ2n) is 9.77. The summed E-state index contributed by atoms with van der Waals surface area (Å²) < 4.78 is 0.755. The van der Waals surface area contributed by atoms with Crippen molar-refractivity contribution in [3.8, 4) is 0 Å². The molecule has 1 saturated heterocycles. The van der Waals surface area contributed by atoms with E-state index < -0.39 is 35.0 Å². The molecule has 0 aromatic heterocycles. The highest BCUT2D eigenvalue weighted by molar-refractivity contribution is 14.1. The maximum atomic E-state index is 13.5. The summed E-state index contributed by atoms with van der Waals surface area (Å²) in [5, 5.41) is 16.5. The number of hydrogen-bond acceptors (Lipinski definition) is 4. The smallest absolute Gasteiger partial charge is 0.254 e. The summed E-state index contributed by atoms with van der Waals surface area (Å²) in [4.78, 5) is 40.8. The van der Waals surface area contributed by atoms with Crippen LogP contribution in [0.5, 0.6) is 0 Å². The van der Waals surface area contributed by atoms with Crippen LogP contribution in [0.2, 0.25) is 0 Å². The number of rotatable bonds is 7. The van der Waals surface area contributed by atoms with Crippen LogP contribution >= 0.6 is 34.2 Å². The third-order valence-corrected chi connectivity index (χ3v) is 6.96. The number of nitrogens with zero attached hydrogens (tertiary/aromatic N) is 1. The molecule has 1 aliphatic heterocycles. The Morgan fingerprint density at radius 3 is 2.37 bits per heavy atom. The second-order valence-corrected chi connectivity index (χ2v) is 11.6. The molecular weight excluding hydrogens is 581 g/mol. The molecule has 9 heteroatoms. The van der Waals surface area contributed by atoms with Crippen molar-refractivity contribution >= 4 is 51.9 Å². The van der Waals surface area contributed by atoms with Crippen LogP contribution in [0, 0.1) is 3.57 Å². The maximum Gasteiger partial charge on any atom is 0.254 e. The van der Waals surface area contributed by atoms with Crippen LogP contribution in [-0.2, 0) is 16.0 Å². The van der Waals surface area contributed by atoms with E-state index in [0.717, 1.165) is 9.13 Å². The summed E-state index contributed by atoms with van der Waals surface area (Å²) in [5.41, 5.74) is 0.826. The van der Waals surface area contributed by atoms with Crippen LogP contribution in [-0.4, -0.2) is 63.4 Å². The number of amides is 3. The molecule has 3 rings (SSSR count). The monoisotopic (exact) mass is 611 g/mol. The van der Waals surface area contributed by atoms with Crippen molar-refractivity contribution < 1.29 is 19.5 Å². The lowest BCUT2D eigenvalue weighted by molar-refractivity contribution is -0.146. The molecule has 1 heterocycles. The van der Waals surface area contributed by atoms with Gasteiger partial charge in [-0.25, -0.2) is 0 Å². The fourth-order valence-electron chi connectivity index (χ4n) is 4.07. The fraction of sp³-hybridized carbons (Fsp3) is 0.423. The van der Waals surface area contributed by atoms with Gasteiger partial charge in [0, 0.05) is 15.7 Å². The molecule has 0 radical (unpaired) electrons. The Balaban J connectivity index is 1.84. The van der Waals surface area contributed by atoms with E-state index in [9.17, 15) is 19.5 Å². The zero-order valence-electron chi connectivity index (χ0n) is 20.0. The number of aliphatic hydroxyl groups excluding tert-OH is 1. The Morgan fingerprint density at radius 2 is 1.74 bits per heavy atom. The summed E-state index contributed by atoms with van der Waals surface area (Å²) >= 11 is 8.40. The van der Waals surface area contributed by atoms with E-state index in [2.05, 4.69) is 33.2 Å². The molecule has 2 aromatic rings. The number of halogens is 2. The molecule has 7 nitrogen and oxygen atoms in total. The summed E-state index contributed by atoms with van der Waals surface area (Å²) in [6, 6.07) is 14.7. The van der Waals surface area contributed by atoms with E-state index in [1.54, 1.807) is 12.1 Å². The molecule has 35 heavy (non-hydrogen) atoms. The minimum atomic E-state index is -1.56. The number of alkyl halides is 1. The largest absolute Gasteiger partial charge is 0.381 e. The molecule has 0 bridgehead atoms. The van der Waals surface area contributed by atoms with Crippen molar-refractivity contribution in [1.82, 2.24) is 15.5 Å². The maximum absolute atomic E-state index is 13.5. The first-order valence-corrected chi connectivity index (χ1v) is 13.0. The Labute approximate surface area is 224 Å². The van der Waals surface area contributed by atoms with Gasteiger partial charge in [0.1, 0.15) is 6.04 Å². The predicted octanol–water partition coefficient (Wildman–Crippen LogP) is 3.12. The highest BCUT2D eigenvalue weighted by Crippen LogP contribution is 2.25. The van der Waals surface area contributed by atoms with Crippen LogP contribution in [0.1, 0.15) is 43.1 Å². The summed E-state index contributed by atoms with van der Waals surface area (Å²) in [6.07, 6.45) is -1.04.